The first-order chi connectivity index (χ1) is 15.3. The maximum Gasteiger partial charge on any atom is 0.261 e. The molecule has 0 spiro atoms. The lowest BCUT2D eigenvalue weighted by molar-refractivity contribution is -0.142. The molecule has 1 unspecified atom stereocenters. The fourth-order valence-electron chi connectivity index (χ4n) is 3.46. The van der Waals surface area contributed by atoms with Crippen LogP contribution in [0.5, 0.6) is 11.5 Å². The zero-order valence-electron chi connectivity index (χ0n) is 20.2. The minimum absolute atomic E-state index is 0.139. The van der Waals surface area contributed by atoms with E-state index in [1.165, 1.54) is 0 Å². The highest BCUT2D eigenvalue weighted by atomic mass is 16.5. The van der Waals surface area contributed by atoms with E-state index in [2.05, 4.69) is 18.3 Å². The molecule has 6 nitrogen and oxygen atoms in total. The summed E-state index contributed by atoms with van der Waals surface area (Å²) in [5.41, 5.74) is 4.08. The van der Waals surface area contributed by atoms with E-state index < -0.39 is 6.04 Å². The van der Waals surface area contributed by atoms with Gasteiger partial charge >= 0.3 is 0 Å². The fourth-order valence-corrected chi connectivity index (χ4v) is 3.46. The van der Waals surface area contributed by atoms with Crippen molar-refractivity contribution in [3.05, 3.63) is 58.7 Å². The topological polar surface area (TPSA) is 67.9 Å². The Morgan fingerprint density at radius 1 is 1.12 bits per heavy atom. The summed E-state index contributed by atoms with van der Waals surface area (Å²) in [6.07, 6.45) is 1.89. The van der Waals surface area contributed by atoms with Crippen molar-refractivity contribution in [2.45, 2.75) is 60.0 Å². The van der Waals surface area contributed by atoms with Gasteiger partial charge in [-0.1, -0.05) is 31.5 Å². The van der Waals surface area contributed by atoms with Crippen LogP contribution >= 0.6 is 0 Å². The summed E-state index contributed by atoms with van der Waals surface area (Å²) in [6.45, 7) is 10.6. The Bertz CT molecular complexity index is 926. The van der Waals surface area contributed by atoms with E-state index in [0.717, 1.165) is 35.1 Å². The molecule has 6 heteroatoms. The van der Waals surface area contributed by atoms with Crippen LogP contribution in [-0.4, -0.2) is 43.0 Å². The standard InChI is InChI=1S/C26H36N2O4/c1-7-8-12-27-26(30)21(5)28(16-22-10-9-11-23(15-22)31-6)25(29)17-32-24-14-18(2)13-19(3)20(24)4/h9-11,13-15,21H,7-8,12,16-17H2,1-6H3,(H,27,30). The molecule has 2 aromatic rings. The van der Waals surface area contributed by atoms with Gasteiger partial charge in [0.1, 0.15) is 17.5 Å². The summed E-state index contributed by atoms with van der Waals surface area (Å²) in [7, 11) is 1.60. The molecule has 1 N–H and O–H groups in total. The van der Waals surface area contributed by atoms with E-state index in [-0.39, 0.29) is 25.0 Å². The average molecular weight is 441 g/mol. The molecule has 0 saturated carbocycles. The van der Waals surface area contributed by atoms with Crippen molar-refractivity contribution in [3.63, 3.8) is 0 Å². The molecule has 0 heterocycles. The van der Waals surface area contributed by atoms with Gasteiger partial charge in [-0.05, 0) is 74.6 Å². The third-order valence-electron chi connectivity index (χ3n) is 5.60. The van der Waals surface area contributed by atoms with E-state index >= 15 is 0 Å². The first kappa shape index (κ1) is 25.2. The summed E-state index contributed by atoms with van der Waals surface area (Å²) < 4.78 is 11.2. The Morgan fingerprint density at radius 3 is 2.56 bits per heavy atom. The van der Waals surface area contributed by atoms with Crippen LogP contribution in [0.2, 0.25) is 0 Å². The lowest BCUT2D eigenvalue weighted by Crippen LogP contribution is -2.49. The largest absolute Gasteiger partial charge is 0.497 e. The Kier molecular flexibility index (Phi) is 9.57. The van der Waals surface area contributed by atoms with Crippen LogP contribution in [-0.2, 0) is 16.1 Å². The highest BCUT2D eigenvalue weighted by Crippen LogP contribution is 2.23. The molecule has 0 aliphatic rings. The van der Waals surface area contributed by atoms with Crippen LogP contribution < -0.4 is 14.8 Å². The lowest BCUT2D eigenvalue weighted by Gasteiger charge is -2.29. The summed E-state index contributed by atoms with van der Waals surface area (Å²) in [6, 6.07) is 10.9. The molecule has 0 radical (unpaired) electrons. The number of hydrogen-bond donors (Lipinski definition) is 1. The number of aryl methyl sites for hydroxylation is 2. The van der Waals surface area contributed by atoms with Crippen LogP contribution in [0.25, 0.3) is 0 Å². The van der Waals surface area contributed by atoms with E-state index in [1.807, 2.05) is 51.1 Å². The average Bonchev–Trinajstić information content (AvgIpc) is 2.78. The molecule has 0 saturated heterocycles. The van der Waals surface area contributed by atoms with Crippen molar-refractivity contribution in [3.8, 4) is 11.5 Å². The Morgan fingerprint density at radius 2 is 1.88 bits per heavy atom. The third kappa shape index (κ3) is 7.01. The van der Waals surface area contributed by atoms with E-state index in [0.29, 0.717) is 18.0 Å². The van der Waals surface area contributed by atoms with Gasteiger partial charge in [0.15, 0.2) is 6.61 Å². The fraction of sp³-hybridized carbons (Fsp3) is 0.462. The van der Waals surface area contributed by atoms with Crippen molar-refractivity contribution in [1.82, 2.24) is 10.2 Å². The highest BCUT2D eigenvalue weighted by molar-refractivity contribution is 5.88. The molecule has 0 bridgehead atoms. The number of nitrogens with zero attached hydrogens (tertiary/aromatic N) is 1. The molecule has 2 amide bonds. The van der Waals surface area contributed by atoms with Crippen molar-refractivity contribution in [2.75, 3.05) is 20.3 Å². The summed E-state index contributed by atoms with van der Waals surface area (Å²) in [5, 5.41) is 2.93. The normalized spacial score (nSPS) is 11.6. The predicted molar refractivity (Wildman–Crippen MR) is 127 cm³/mol. The predicted octanol–water partition coefficient (Wildman–Crippen LogP) is 4.33. The minimum Gasteiger partial charge on any atom is -0.497 e. The molecule has 1 atom stereocenters. The van der Waals surface area contributed by atoms with Crippen LogP contribution in [0.4, 0.5) is 0 Å². The first-order valence-electron chi connectivity index (χ1n) is 11.2. The third-order valence-corrected chi connectivity index (χ3v) is 5.60. The first-order valence-corrected chi connectivity index (χ1v) is 11.2. The van der Waals surface area contributed by atoms with Crippen LogP contribution in [0.15, 0.2) is 36.4 Å². The Labute approximate surface area is 191 Å². The van der Waals surface area contributed by atoms with Crippen molar-refractivity contribution in [1.29, 1.82) is 0 Å². The monoisotopic (exact) mass is 440 g/mol. The molecule has 2 rings (SSSR count). The molecular formula is C26H36N2O4. The van der Waals surface area contributed by atoms with Gasteiger partial charge in [0, 0.05) is 13.1 Å². The second-order valence-corrected chi connectivity index (χ2v) is 8.19. The number of carbonyl (C=O) groups is 2. The van der Waals surface area contributed by atoms with Gasteiger partial charge in [0.25, 0.3) is 5.91 Å². The highest BCUT2D eigenvalue weighted by Gasteiger charge is 2.26. The number of amides is 2. The zero-order valence-corrected chi connectivity index (χ0v) is 20.2. The van der Waals surface area contributed by atoms with Crippen molar-refractivity contribution >= 4 is 11.8 Å². The number of ether oxygens (including phenoxy) is 2. The summed E-state index contributed by atoms with van der Waals surface area (Å²) in [5.74, 6) is 0.982. The SMILES string of the molecule is CCCCNC(=O)C(C)N(Cc1cccc(OC)c1)C(=O)COc1cc(C)cc(C)c1C. The molecular weight excluding hydrogens is 404 g/mol. The van der Waals surface area contributed by atoms with Gasteiger partial charge in [0.2, 0.25) is 5.91 Å². The molecule has 0 aliphatic carbocycles. The Balaban J connectivity index is 2.20. The molecule has 174 valence electrons. The van der Waals surface area contributed by atoms with Gasteiger partial charge in [-0.2, -0.15) is 0 Å². The van der Waals surface area contributed by atoms with E-state index in [4.69, 9.17) is 9.47 Å². The van der Waals surface area contributed by atoms with Crippen LogP contribution in [0.1, 0.15) is 48.9 Å². The van der Waals surface area contributed by atoms with Crippen molar-refractivity contribution in [2.24, 2.45) is 0 Å². The van der Waals surface area contributed by atoms with Gasteiger partial charge in [-0.15, -0.1) is 0 Å². The van der Waals surface area contributed by atoms with Gasteiger partial charge in [-0.25, -0.2) is 0 Å². The number of nitrogens with one attached hydrogen (secondary N) is 1. The van der Waals surface area contributed by atoms with Crippen LogP contribution in [0, 0.1) is 20.8 Å². The maximum atomic E-state index is 13.2. The quantitative estimate of drug-likeness (QED) is 0.528. The van der Waals surface area contributed by atoms with Crippen molar-refractivity contribution < 1.29 is 19.1 Å². The second-order valence-electron chi connectivity index (χ2n) is 8.19. The molecule has 2 aromatic carbocycles. The van der Waals surface area contributed by atoms with E-state index in [9.17, 15) is 9.59 Å². The van der Waals surface area contributed by atoms with Crippen LogP contribution in [0.3, 0.4) is 0 Å². The smallest absolute Gasteiger partial charge is 0.261 e. The minimum atomic E-state index is -0.630. The summed E-state index contributed by atoms with van der Waals surface area (Å²) in [4.78, 5) is 27.5. The lowest BCUT2D eigenvalue weighted by atomic mass is 10.1. The van der Waals surface area contributed by atoms with Gasteiger partial charge in [-0.3, -0.25) is 9.59 Å². The number of rotatable bonds is 11. The second kappa shape index (κ2) is 12.1. The van der Waals surface area contributed by atoms with Gasteiger partial charge in [0.05, 0.1) is 7.11 Å². The number of methoxy groups -OCH3 is 1. The number of carbonyl (C=O) groups excluding carboxylic acids is 2. The zero-order chi connectivity index (χ0) is 23.7. The van der Waals surface area contributed by atoms with Gasteiger partial charge < -0.3 is 19.7 Å². The summed E-state index contributed by atoms with van der Waals surface area (Å²) >= 11 is 0. The van der Waals surface area contributed by atoms with E-state index in [1.54, 1.807) is 18.9 Å². The number of unbranched alkanes of at least 4 members (excludes halogenated alkanes) is 1. The number of benzene rings is 2. The molecule has 0 fully saturated rings. The number of hydrogen-bond acceptors (Lipinski definition) is 4. The maximum absolute atomic E-state index is 13.2. The molecule has 0 aromatic heterocycles. The molecule has 0 aliphatic heterocycles. The Hall–Kier alpha value is -3.02. The molecule has 32 heavy (non-hydrogen) atoms.